The number of carbonyl (C=O) groups is 2. The Kier molecular flexibility index (Phi) is 15.7. The van der Waals surface area contributed by atoms with Gasteiger partial charge in [0.25, 0.3) is 0 Å². The van der Waals surface area contributed by atoms with Gasteiger partial charge in [0.2, 0.25) is 0 Å². The number of ketones is 1. The highest BCUT2D eigenvalue weighted by molar-refractivity contribution is 5.99. The molecule has 6 aliphatic rings. The molecule has 3 saturated heterocycles. The molecule has 0 spiro atoms. The van der Waals surface area contributed by atoms with E-state index in [4.69, 9.17) is 37.9 Å². The molecule has 3 heterocycles. The van der Waals surface area contributed by atoms with Crippen molar-refractivity contribution in [1.82, 2.24) is 4.90 Å². The molecule has 2 saturated carbocycles. The number of hydrogen-bond acceptors (Lipinski definition) is 13. The molecule has 2 N–H and O–H groups in total. The predicted molar refractivity (Wildman–Crippen MR) is 225 cm³/mol. The normalized spacial score (nSPS) is 42.4. The van der Waals surface area contributed by atoms with Crippen LogP contribution in [-0.2, 0) is 47.5 Å². The van der Waals surface area contributed by atoms with E-state index in [0.717, 1.165) is 18.6 Å². The van der Waals surface area contributed by atoms with Crippen LogP contribution in [0.5, 0.6) is 0 Å². The van der Waals surface area contributed by atoms with E-state index in [2.05, 4.69) is 10.2 Å². The summed E-state index contributed by atoms with van der Waals surface area (Å²) in [6.45, 7) is 7.76. The van der Waals surface area contributed by atoms with Crippen LogP contribution in [0.1, 0.15) is 85.5 Å². The van der Waals surface area contributed by atoms with E-state index < -0.39 is 103 Å². The average Bonchev–Trinajstić information content (AvgIpc) is 3.83. The standard InChI is InChI=1S/C47H69F3N2O11/c1-10-26-12-11-13-36(63-38-15-14-35(52(5)6)23(3)59-38)22(2)42(54)32-20-29-28-18-27(62-47-46(58-9)45(57-8)44(56-7)24(4)60-47)19-31(28)41(43(55)39(29)30(32)21-37(53)61-26)51-25-16-33(48)40(50)34(49)17-25/h16-17,20,22-24,26-31,35-36,38-39,41,43-47,51,55H,10-15,18-19,21H2,1-9H3/t22-,23?,24?,26+,27+,28+,29+,30-,31-,35+,36+,38+,39-,41+,43+,44+,45?,46+,47+/m1/s1. The number of Topliss-reactive ketones (excluding diaryl/α,β-unsaturated/α-hetero) is 1. The van der Waals surface area contributed by atoms with Gasteiger partial charge in [-0.25, -0.2) is 13.2 Å². The van der Waals surface area contributed by atoms with Gasteiger partial charge < -0.3 is 53.2 Å². The molecule has 3 aliphatic heterocycles. The van der Waals surface area contributed by atoms with E-state index in [-0.39, 0.29) is 53.9 Å². The van der Waals surface area contributed by atoms with Crippen LogP contribution < -0.4 is 5.32 Å². The summed E-state index contributed by atoms with van der Waals surface area (Å²) in [7, 11) is 8.77. The maximum absolute atomic E-state index is 15.0. The number of likely N-dealkylation sites (N-methyl/N-ethyl adjacent to an activating group) is 1. The zero-order valence-electron chi connectivity index (χ0n) is 38.2. The number of esters is 1. The monoisotopic (exact) mass is 894 g/mol. The van der Waals surface area contributed by atoms with Crippen molar-refractivity contribution in [2.45, 2.75) is 165 Å². The number of cyclic esters (lactones) is 1. The number of nitrogens with one attached hydrogen (secondary N) is 1. The summed E-state index contributed by atoms with van der Waals surface area (Å²) in [6.07, 6.45) is 0.807. The van der Waals surface area contributed by atoms with Gasteiger partial charge in [0.15, 0.2) is 35.8 Å². The maximum Gasteiger partial charge on any atom is 0.306 e. The van der Waals surface area contributed by atoms with Gasteiger partial charge in [-0.15, -0.1) is 0 Å². The Bertz CT molecular complexity index is 1770. The van der Waals surface area contributed by atoms with Gasteiger partial charge in [-0.05, 0) is 103 Å². The van der Waals surface area contributed by atoms with Crippen LogP contribution >= 0.6 is 0 Å². The number of methoxy groups -OCH3 is 3. The largest absolute Gasteiger partial charge is 0.462 e. The molecule has 1 aromatic carbocycles. The van der Waals surface area contributed by atoms with E-state index in [1.54, 1.807) is 21.3 Å². The Morgan fingerprint density at radius 2 is 1.54 bits per heavy atom. The first-order chi connectivity index (χ1) is 30.1. The average molecular weight is 895 g/mol. The predicted octanol–water partition coefficient (Wildman–Crippen LogP) is 6.19. The highest BCUT2D eigenvalue weighted by Crippen LogP contribution is 2.57. The van der Waals surface area contributed by atoms with Crippen molar-refractivity contribution in [1.29, 1.82) is 0 Å². The van der Waals surface area contributed by atoms with E-state index in [9.17, 15) is 23.1 Å². The second-order valence-electron chi connectivity index (χ2n) is 19.0. The quantitative estimate of drug-likeness (QED) is 0.193. The molecule has 0 radical (unpaired) electrons. The lowest BCUT2D eigenvalue weighted by Gasteiger charge is -2.47. The Morgan fingerprint density at radius 1 is 0.857 bits per heavy atom. The highest BCUT2D eigenvalue weighted by atomic mass is 19.2. The van der Waals surface area contributed by atoms with E-state index >= 15 is 4.79 Å². The molecule has 16 heteroatoms. The zero-order valence-corrected chi connectivity index (χ0v) is 38.2. The lowest BCUT2D eigenvalue weighted by molar-refractivity contribution is -0.314. The summed E-state index contributed by atoms with van der Waals surface area (Å²) in [4.78, 5) is 31.1. The van der Waals surface area contributed by atoms with Gasteiger partial charge >= 0.3 is 5.97 Å². The van der Waals surface area contributed by atoms with Crippen molar-refractivity contribution in [3.05, 3.63) is 41.2 Å². The van der Waals surface area contributed by atoms with Crippen molar-refractivity contribution in [2.75, 3.05) is 40.7 Å². The molecule has 0 aromatic heterocycles. The third-order valence-electron chi connectivity index (χ3n) is 15.2. The van der Waals surface area contributed by atoms with Gasteiger partial charge in [0, 0.05) is 62.9 Å². The number of carbonyl (C=O) groups excluding carboxylic acids is 2. The molecule has 13 nitrogen and oxygen atoms in total. The van der Waals surface area contributed by atoms with Crippen molar-refractivity contribution in [2.24, 2.45) is 35.5 Å². The molecule has 354 valence electrons. The molecule has 1 aromatic rings. The van der Waals surface area contributed by atoms with Crippen LogP contribution in [0.4, 0.5) is 18.9 Å². The number of nitrogens with zero attached hydrogens (tertiary/aromatic N) is 1. The number of anilines is 1. The lowest BCUT2D eigenvalue weighted by Crippen LogP contribution is -2.59. The third kappa shape index (κ3) is 9.90. The van der Waals surface area contributed by atoms with Crippen LogP contribution in [0, 0.1) is 53.0 Å². The number of fused-ring (bicyclic) bond motifs is 5. The third-order valence-corrected chi connectivity index (χ3v) is 15.2. The van der Waals surface area contributed by atoms with E-state index in [1.165, 1.54) is 0 Å². The first-order valence-electron chi connectivity index (χ1n) is 23.0. The number of aliphatic hydroxyl groups excluding tert-OH is 1. The molecule has 5 fully saturated rings. The fourth-order valence-corrected chi connectivity index (χ4v) is 12.0. The molecule has 63 heavy (non-hydrogen) atoms. The Hall–Kier alpha value is -2.67. The Balaban J connectivity index is 1.22. The van der Waals surface area contributed by atoms with Gasteiger partial charge in [-0.3, -0.25) is 9.59 Å². The van der Waals surface area contributed by atoms with E-state index in [0.29, 0.717) is 50.5 Å². The van der Waals surface area contributed by atoms with Crippen LogP contribution in [0.2, 0.25) is 0 Å². The molecule has 3 unspecified atom stereocenters. The van der Waals surface area contributed by atoms with Crippen LogP contribution in [0.25, 0.3) is 0 Å². The lowest BCUT2D eigenvalue weighted by atomic mass is 9.62. The summed E-state index contributed by atoms with van der Waals surface area (Å²) in [5.74, 6) is -7.95. The first-order valence-corrected chi connectivity index (χ1v) is 23.0. The van der Waals surface area contributed by atoms with Gasteiger partial charge in [-0.2, -0.15) is 0 Å². The van der Waals surface area contributed by atoms with E-state index in [1.807, 2.05) is 47.9 Å². The van der Waals surface area contributed by atoms with Crippen molar-refractivity contribution >= 4 is 17.4 Å². The molecule has 0 amide bonds. The molecule has 3 aliphatic carbocycles. The van der Waals surface area contributed by atoms with Crippen molar-refractivity contribution in [3.63, 3.8) is 0 Å². The summed E-state index contributed by atoms with van der Waals surface area (Å²) in [5, 5.41) is 15.8. The summed E-state index contributed by atoms with van der Waals surface area (Å²) in [6, 6.07) is 1.14. The fraction of sp³-hybridized carbons (Fsp3) is 0.787. The summed E-state index contributed by atoms with van der Waals surface area (Å²) in [5.41, 5.74) is 0.395. The molecule has 7 rings (SSSR count). The molecule has 0 bridgehead atoms. The number of ether oxygens (including phenoxy) is 8. The number of aliphatic hydroxyl groups is 1. The fourth-order valence-electron chi connectivity index (χ4n) is 12.0. The molecular weight excluding hydrogens is 826 g/mol. The Morgan fingerprint density at radius 3 is 2.17 bits per heavy atom. The SMILES string of the molecule is CC[C@H]1CCC[C@H](O[C@H]2CC[C@H](N(C)C)C(C)O2)[C@@H](C)C(=O)C2=C[C@H]3[C@@H]4C[C@H](O[C@@H]5OC(C)[C@H](OC)C(OC)[C@@H]5OC)C[C@H]4[C@H](Nc4cc(F)c(F)c(F)c4)[C@@H](O)[C@H]3[C@@H]2CC(=O)O1. The summed E-state index contributed by atoms with van der Waals surface area (Å²) >= 11 is 0. The molecule has 19 atom stereocenters. The second-order valence-corrected chi connectivity index (χ2v) is 19.0. The smallest absolute Gasteiger partial charge is 0.306 e. The summed E-state index contributed by atoms with van der Waals surface area (Å²) < 4.78 is 93.2. The zero-order chi connectivity index (χ0) is 45.4. The Labute approximate surface area is 370 Å². The van der Waals surface area contributed by atoms with Crippen LogP contribution in [0.3, 0.4) is 0 Å². The number of hydrogen-bond donors (Lipinski definition) is 2. The second kappa shape index (κ2) is 20.5. The van der Waals surface area contributed by atoms with Gasteiger partial charge in [0.1, 0.15) is 24.4 Å². The first kappa shape index (κ1) is 48.3. The van der Waals surface area contributed by atoms with Crippen LogP contribution in [-0.4, -0.2) is 137 Å². The topological polar surface area (TPSA) is 143 Å². The van der Waals surface area contributed by atoms with Gasteiger partial charge in [-0.1, -0.05) is 19.9 Å². The maximum atomic E-state index is 15.0. The highest BCUT2D eigenvalue weighted by Gasteiger charge is 2.60. The molecular formula is C47H69F3N2O11. The van der Waals surface area contributed by atoms with Gasteiger partial charge in [0.05, 0.1) is 43.0 Å². The minimum atomic E-state index is -1.60. The number of halogens is 3. The number of benzene rings is 1. The number of allylic oxidation sites excluding steroid dienone is 2. The van der Waals surface area contributed by atoms with Crippen LogP contribution in [0.15, 0.2) is 23.8 Å². The van der Waals surface area contributed by atoms with Crippen molar-refractivity contribution in [3.8, 4) is 0 Å². The number of rotatable bonds is 11. The minimum absolute atomic E-state index is 0.0506. The minimum Gasteiger partial charge on any atom is -0.462 e. The van der Waals surface area contributed by atoms with Crippen molar-refractivity contribution < 1.29 is 65.8 Å².